The topological polar surface area (TPSA) is 30.5 Å². The first-order chi connectivity index (χ1) is 8.77. The first kappa shape index (κ1) is 14.8. The molecule has 1 N–H and O–H groups in total. The summed E-state index contributed by atoms with van der Waals surface area (Å²) in [4.78, 5) is 0. The Kier molecular flexibility index (Phi) is 7.26. The number of hydrogen-bond acceptors (Lipinski definition) is 3. The fraction of sp³-hybridized carbons (Fsp3) is 0.600. The Labute approximate surface area is 110 Å². The minimum absolute atomic E-state index is 0.542. The van der Waals surface area contributed by atoms with E-state index in [0.717, 1.165) is 44.0 Å². The molecule has 0 bridgehead atoms. The van der Waals surface area contributed by atoms with Crippen molar-refractivity contribution < 1.29 is 9.47 Å². The molecule has 3 nitrogen and oxygen atoms in total. The summed E-state index contributed by atoms with van der Waals surface area (Å²) in [5, 5.41) is 3.22. The number of para-hydroxylation sites is 2. The summed E-state index contributed by atoms with van der Waals surface area (Å²) in [6.45, 7) is 5.75. The molecule has 0 aliphatic heterocycles. The van der Waals surface area contributed by atoms with Crippen LogP contribution in [0.1, 0.15) is 33.1 Å². The maximum atomic E-state index is 5.78. The van der Waals surface area contributed by atoms with E-state index in [1.54, 1.807) is 0 Å². The van der Waals surface area contributed by atoms with Gasteiger partial charge >= 0.3 is 0 Å². The van der Waals surface area contributed by atoms with Gasteiger partial charge in [-0.2, -0.15) is 0 Å². The molecule has 0 radical (unpaired) electrons. The van der Waals surface area contributed by atoms with Crippen molar-refractivity contribution in [2.24, 2.45) is 0 Å². The second kappa shape index (κ2) is 8.81. The molecule has 0 aliphatic rings. The van der Waals surface area contributed by atoms with Gasteiger partial charge in [-0.1, -0.05) is 19.1 Å². The third kappa shape index (κ3) is 5.41. The van der Waals surface area contributed by atoms with Gasteiger partial charge in [-0.15, -0.1) is 0 Å². The quantitative estimate of drug-likeness (QED) is 0.683. The number of nitrogens with one attached hydrogen (secondary N) is 1. The van der Waals surface area contributed by atoms with Gasteiger partial charge in [0.1, 0.15) is 0 Å². The molecule has 0 aromatic heterocycles. The third-order valence-electron chi connectivity index (χ3n) is 2.84. The second-order valence-corrected chi connectivity index (χ2v) is 4.48. The van der Waals surface area contributed by atoms with E-state index in [1.165, 1.54) is 0 Å². The van der Waals surface area contributed by atoms with Gasteiger partial charge in [0.25, 0.3) is 0 Å². The molecule has 1 unspecified atom stereocenters. The van der Waals surface area contributed by atoms with Crippen LogP contribution < -0.4 is 14.8 Å². The maximum absolute atomic E-state index is 5.78. The van der Waals surface area contributed by atoms with Crippen LogP contribution in [-0.4, -0.2) is 26.3 Å². The monoisotopic (exact) mass is 251 g/mol. The van der Waals surface area contributed by atoms with E-state index < -0.39 is 0 Å². The first-order valence-corrected chi connectivity index (χ1v) is 6.79. The molecule has 1 rings (SSSR count). The molecule has 0 aliphatic carbocycles. The summed E-state index contributed by atoms with van der Waals surface area (Å²) >= 11 is 0. The van der Waals surface area contributed by atoms with Crippen LogP contribution in [0, 0.1) is 0 Å². The number of rotatable bonds is 9. The van der Waals surface area contributed by atoms with Gasteiger partial charge in [0.2, 0.25) is 0 Å². The van der Waals surface area contributed by atoms with E-state index in [1.807, 2.05) is 31.3 Å². The molecule has 18 heavy (non-hydrogen) atoms. The van der Waals surface area contributed by atoms with Crippen molar-refractivity contribution in [3.63, 3.8) is 0 Å². The van der Waals surface area contributed by atoms with Crippen LogP contribution in [0.3, 0.4) is 0 Å². The summed E-state index contributed by atoms with van der Waals surface area (Å²) in [5.41, 5.74) is 0. The van der Waals surface area contributed by atoms with Crippen LogP contribution in [0.2, 0.25) is 0 Å². The van der Waals surface area contributed by atoms with Crippen molar-refractivity contribution in [1.82, 2.24) is 5.32 Å². The Balaban J connectivity index is 2.36. The van der Waals surface area contributed by atoms with Gasteiger partial charge in [0.15, 0.2) is 11.5 Å². The van der Waals surface area contributed by atoms with E-state index in [0.29, 0.717) is 6.04 Å². The van der Waals surface area contributed by atoms with Crippen molar-refractivity contribution in [1.29, 1.82) is 0 Å². The fourth-order valence-corrected chi connectivity index (χ4v) is 1.62. The SMILES string of the molecule is CCCOc1ccccc1OCCCC(C)NC. The lowest BCUT2D eigenvalue weighted by atomic mass is 10.2. The molecule has 0 spiro atoms. The molecule has 0 amide bonds. The van der Waals surface area contributed by atoms with Crippen molar-refractivity contribution in [2.75, 3.05) is 20.3 Å². The maximum Gasteiger partial charge on any atom is 0.161 e. The molecule has 0 saturated carbocycles. The van der Waals surface area contributed by atoms with Crippen LogP contribution in [0.15, 0.2) is 24.3 Å². The predicted molar refractivity (Wildman–Crippen MR) is 75.5 cm³/mol. The molecule has 102 valence electrons. The molecule has 0 saturated heterocycles. The highest BCUT2D eigenvalue weighted by molar-refractivity contribution is 5.39. The average Bonchev–Trinajstić information content (AvgIpc) is 2.42. The van der Waals surface area contributed by atoms with Gasteiger partial charge in [-0.3, -0.25) is 0 Å². The van der Waals surface area contributed by atoms with Gasteiger partial charge in [0, 0.05) is 6.04 Å². The largest absolute Gasteiger partial charge is 0.490 e. The Bertz CT molecular complexity index is 328. The lowest BCUT2D eigenvalue weighted by Crippen LogP contribution is -2.21. The fourth-order valence-electron chi connectivity index (χ4n) is 1.62. The van der Waals surface area contributed by atoms with Crippen LogP contribution in [0.25, 0.3) is 0 Å². The number of hydrogen-bond donors (Lipinski definition) is 1. The smallest absolute Gasteiger partial charge is 0.161 e. The molecule has 0 heterocycles. The zero-order chi connectivity index (χ0) is 13.2. The van der Waals surface area contributed by atoms with E-state index in [2.05, 4.69) is 19.2 Å². The summed E-state index contributed by atoms with van der Waals surface area (Å²) < 4.78 is 11.4. The molecular weight excluding hydrogens is 226 g/mol. The van der Waals surface area contributed by atoms with E-state index >= 15 is 0 Å². The summed E-state index contributed by atoms with van der Waals surface area (Å²) in [6.07, 6.45) is 3.17. The highest BCUT2D eigenvalue weighted by Gasteiger charge is 2.04. The number of ether oxygens (including phenoxy) is 2. The van der Waals surface area contributed by atoms with Crippen LogP contribution in [0.4, 0.5) is 0 Å². The van der Waals surface area contributed by atoms with Gasteiger partial charge < -0.3 is 14.8 Å². The molecule has 3 heteroatoms. The molecule has 1 aromatic rings. The Hall–Kier alpha value is -1.22. The van der Waals surface area contributed by atoms with Gasteiger partial charge in [-0.25, -0.2) is 0 Å². The van der Waals surface area contributed by atoms with E-state index in [-0.39, 0.29) is 0 Å². The minimum atomic E-state index is 0.542. The predicted octanol–water partition coefficient (Wildman–Crippen LogP) is 3.24. The van der Waals surface area contributed by atoms with Crippen molar-refractivity contribution in [2.45, 2.75) is 39.2 Å². The average molecular weight is 251 g/mol. The molecule has 0 fully saturated rings. The minimum Gasteiger partial charge on any atom is -0.490 e. The Morgan fingerprint density at radius 2 is 1.72 bits per heavy atom. The standard InChI is InChI=1S/C15H25NO2/c1-4-11-17-14-9-5-6-10-15(14)18-12-7-8-13(2)16-3/h5-6,9-10,13,16H,4,7-8,11-12H2,1-3H3. The van der Waals surface area contributed by atoms with Crippen molar-refractivity contribution >= 4 is 0 Å². The van der Waals surface area contributed by atoms with Gasteiger partial charge in [0.05, 0.1) is 13.2 Å². The molecular formula is C15H25NO2. The second-order valence-electron chi connectivity index (χ2n) is 4.48. The lowest BCUT2D eigenvalue weighted by Gasteiger charge is -2.13. The summed E-state index contributed by atoms with van der Waals surface area (Å²) in [7, 11) is 1.99. The highest BCUT2D eigenvalue weighted by atomic mass is 16.5. The lowest BCUT2D eigenvalue weighted by molar-refractivity contribution is 0.261. The highest BCUT2D eigenvalue weighted by Crippen LogP contribution is 2.26. The molecule has 1 aromatic carbocycles. The zero-order valence-electron chi connectivity index (χ0n) is 11.7. The van der Waals surface area contributed by atoms with E-state index in [9.17, 15) is 0 Å². The van der Waals surface area contributed by atoms with Crippen molar-refractivity contribution in [3.05, 3.63) is 24.3 Å². The van der Waals surface area contributed by atoms with E-state index in [4.69, 9.17) is 9.47 Å². The summed E-state index contributed by atoms with van der Waals surface area (Å²) in [6, 6.07) is 8.42. The van der Waals surface area contributed by atoms with Crippen LogP contribution >= 0.6 is 0 Å². The summed E-state index contributed by atoms with van der Waals surface area (Å²) in [5.74, 6) is 1.70. The van der Waals surface area contributed by atoms with Crippen molar-refractivity contribution in [3.8, 4) is 11.5 Å². The molecule has 1 atom stereocenters. The van der Waals surface area contributed by atoms with Gasteiger partial charge in [-0.05, 0) is 45.4 Å². The third-order valence-corrected chi connectivity index (χ3v) is 2.84. The Morgan fingerprint density at radius 1 is 1.11 bits per heavy atom. The number of benzene rings is 1. The van der Waals surface area contributed by atoms with Crippen LogP contribution in [-0.2, 0) is 0 Å². The normalized spacial score (nSPS) is 12.2. The first-order valence-electron chi connectivity index (χ1n) is 6.79. The Morgan fingerprint density at radius 3 is 2.28 bits per heavy atom. The van der Waals surface area contributed by atoms with Crippen LogP contribution in [0.5, 0.6) is 11.5 Å². The zero-order valence-corrected chi connectivity index (χ0v) is 11.7.